The maximum atomic E-state index is 11.4. The molecule has 2 aliphatic rings. The monoisotopic (exact) mass is 334 g/mol. The number of carbonyl (C=O) groups is 1. The van der Waals surface area contributed by atoms with Gasteiger partial charge < -0.3 is 24.6 Å². The van der Waals surface area contributed by atoms with Gasteiger partial charge in [0, 0.05) is 17.4 Å². The van der Waals surface area contributed by atoms with Crippen LogP contribution >= 0.6 is 0 Å². The van der Waals surface area contributed by atoms with Gasteiger partial charge in [-0.2, -0.15) is 0 Å². The molecular formula is C15H18N4O5. The molecule has 9 heteroatoms. The number of fused-ring (bicyclic) bond motifs is 1. The molecule has 2 saturated heterocycles. The molecule has 0 radical (unpaired) electrons. The van der Waals surface area contributed by atoms with Crippen LogP contribution in [0.3, 0.4) is 0 Å². The summed E-state index contributed by atoms with van der Waals surface area (Å²) in [4.78, 5) is 14.1. The summed E-state index contributed by atoms with van der Waals surface area (Å²) in [5.74, 6) is -0.370. The number of amides is 1. The summed E-state index contributed by atoms with van der Waals surface area (Å²) in [6.07, 6.45) is -4.08. The number of rotatable bonds is 3. The molecule has 6 atom stereocenters. The largest absolute Gasteiger partial charge is 0.388 e. The van der Waals surface area contributed by atoms with Crippen LogP contribution in [0.4, 0.5) is 0 Å². The highest BCUT2D eigenvalue weighted by molar-refractivity contribution is 5.73. The molecule has 2 aliphatic heterocycles. The van der Waals surface area contributed by atoms with Gasteiger partial charge in [-0.05, 0) is 5.53 Å². The van der Waals surface area contributed by atoms with Crippen LogP contribution in [0.2, 0.25) is 0 Å². The van der Waals surface area contributed by atoms with Gasteiger partial charge in [0.1, 0.15) is 18.3 Å². The van der Waals surface area contributed by atoms with Gasteiger partial charge in [0.15, 0.2) is 12.5 Å². The first-order valence-electron chi connectivity index (χ1n) is 7.57. The van der Waals surface area contributed by atoms with E-state index in [1.54, 1.807) is 0 Å². The van der Waals surface area contributed by atoms with Crippen molar-refractivity contribution in [3.8, 4) is 0 Å². The Morgan fingerprint density at radius 1 is 1.38 bits per heavy atom. The first-order valence-corrected chi connectivity index (χ1v) is 7.57. The molecule has 0 saturated carbocycles. The number of aliphatic hydroxyl groups is 1. The molecule has 1 amide bonds. The summed E-state index contributed by atoms with van der Waals surface area (Å²) in [5, 5.41) is 16.7. The summed E-state index contributed by atoms with van der Waals surface area (Å²) >= 11 is 0. The van der Waals surface area contributed by atoms with Crippen LogP contribution in [0.25, 0.3) is 10.4 Å². The summed E-state index contributed by atoms with van der Waals surface area (Å²) in [6.45, 7) is 1.48. The maximum absolute atomic E-state index is 11.4. The van der Waals surface area contributed by atoms with Crippen molar-refractivity contribution in [3.63, 3.8) is 0 Å². The molecule has 1 aromatic carbocycles. The number of azide groups is 1. The first kappa shape index (κ1) is 16.7. The fourth-order valence-corrected chi connectivity index (χ4v) is 2.93. The van der Waals surface area contributed by atoms with Gasteiger partial charge in [-0.1, -0.05) is 35.4 Å². The second kappa shape index (κ2) is 7.16. The molecular weight excluding hydrogens is 316 g/mol. The van der Waals surface area contributed by atoms with Crippen LogP contribution in [0, 0.1) is 0 Å². The van der Waals surface area contributed by atoms with E-state index in [0.717, 1.165) is 5.56 Å². The van der Waals surface area contributed by atoms with E-state index in [4.69, 9.17) is 19.7 Å². The zero-order valence-corrected chi connectivity index (χ0v) is 13.0. The highest BCUT2D eigenvalue weighted by Gasteiger charge is 2.49. The fourth-order valence-electron chi connectivity index (χ4n) is 2.93. The molecule has 3 rings (SSSR count). The molecule has 0 bridgehead atoms. The second-order valence-corrected chi connectivity index (χ2v) is 5.66. The third-order valence-electron chi connectivity index (χ3n) is 3.99. The van der Waals surface area contributed by atoms with Gasteiger partial charge >= 0.3 is 0 Å². The van der Waals surface area contributed by atoms with E-state index in [-0.39, 0.29) is 12.5 Å². The molecule has 2 heterocycles. The molecule has 0 spiro atoms. The van der Waals surface area contributed by atoms with Crippen molar-refractivity contribution in [2.45, 2.75) is 43.8 Å². The lowest BCUT2D eigenvalue weighted by molar-refractivity contribution is -0.314. The maximum Gasteiger partial charge on any atom is 0.217 e. The van der Waals surface area contributed by atoms with Crippen LogP contribution < -0.4 is 5.32 Å². The van der Waals surface area contributed by atoms with Crippen LogP contribution in [0.1, 0.15) is 18.8 Å². The van der Waals surface area contributed by atoms with Crippen molar-refractivity contribution in [2.75, 3.05) is 6.61 Å². The number of ether oxygens (including phenoxy) is 3. The highest BCUT2D eigenvalue weighted by atomic mass is 16.7. The fraction of sp³-hybridized carbons (Fsp3) is 0.533. The average molecular weight is 334 g/mol. The van der Waals surface area contributed by atoms with E-state index in [9.17, 15) is 9.90 Å². The van der Waals surface area contributed by atoms with Gasteiger partial charge in [-0.15, -0.1) is 0 Å². The lowest BCUT2D eigenvalue weighted by atomic mass is 9.95. The van der Waals surface area contributed by atoms with Crippen molar-refractivity contribution in [1.29, 1.82) is 0 Å². The summed E-state index contributed by atoms with van der Waals surface area (Å²) in [6, 6.07) is 8.42. The molecule has 24 heavy (non-hydrogen) atoms. The van der Waals surface area contributed by atoms with Crippen molar-refractivity contribution in [3.05, 3.63) is 46.3 Å². The number of nitrogens with zero attached hydrogens (tertiary/aromatic N) is 3. The van der Waals surface area contributed by atoms with E-state index in [2.05, 4.69) is 15.3 Å². The SMILES string of the molecule is CC(=O)N[C@@H]1[C@@H](O)[C@@H]2OC(c3ccccc3)OC[C@H]2O[C@H]1N=[N+]=[N-]. The third-order valence-corrected chi connectivity index (χ3v) is 3.99. The Labute approximate surface area is 138 Å². The van der Waals surface area contributed by atoms with Gasteiger partial charge in [0.05, 0.1) is 12.6 Å². The Bertz CT molecular complexity index is 636. The van der Waals surface area contributed by atoms with Gasteiger partial charge in [0.2, 0.25) is 5.91 Å². The Hall–Kier alpha value is -2.16. The third kappa shape index (κ3) is 3.35. The number of nitrogens with one attached hydrogen (secondary N) is 1. The summed E-state index contributed by atoms with van der Waals surface area (Å²) in [5.41, 5.74) is 9.48. The Kier molecular flexibility index (Phi) is 4.98. The smallest absolute Gasteiger partial charge is 0.217 e. The Balaban J connectivity index is 1.79. The second-order valence-electron chi connectivity index (χ2n) is 5.66. The van der Waals surface area contributed by atoms with Crippen molar-refractivity contribution >= 4 is 5.91 Å². The average Bonchev–Trinajstić information content (AvgIpc) is 2.59. The predicted octanol–water partition coefficient (Wildman–Crippen LogP) is 1.00. The summed E-state index contributed by atoms with van der Waals surface area (Å²) in [7, 11) is 0. The van der Waals surface area contributed by atoms with Crippen LogP contribution in [0.15, 0.2) is 35.4 Å². The Morgan fingerprint density at radius 3 is 2.79 bits per heavy atom. The lowest BCUT2D eigenvalue weighted by Crippen LogP contribution is -2.65. The van der Waals surface area contributed by atoms with E-state index in [1.165, 1.54) is 6.92 Å². The molecule has 128 valence electrons. The van der Waals surface area contributed by atoms with Crippen LogP contribution in [-0.4, -0.2) is 48.2 Å². The molecule has 2 N–H and O–H groups in total. The van der Waals surface area contributed by atoms with Gasteiger partial charge in [-0.3, -0.25) is 4.79 Å². The standard InChI is InChI=1S/C15H18N4O5/c1-8(20)17-11-12(21)13-10(23-14(11)18-19-16)7-22-15(24-13)9-5-3-2-4-6-9/h2-6,10-15,21H,7H2,1H3,(H,17,20)/t10-,11-,12-,13-,14-,15?/m1/s1. The highest BCUT2D eigenvalue weighted by Crippen LogP contribution is 2.34. The number of aliphatic hydroxyl groups excluding tert-OH is 1. The molecule has 1 aromatic rings. The zero-order chi connectivity index (χ0) is 17.1. The molecule has 1 unspecified atom stereocenters. The number of hydrogen-bond donors (Lipinski definition) is 2. The van der Waals surface area contributed by atoms with E-state index in [1.807, 2.05) is 30.3 Å². The lowest BCUT2D eigenvalue weighted by Gasteiger charge is -2.47. The van der Waals surface area contributed by atoms with Crippen molar-refractivity contribution in [1.82, 2.24) is 5.32 Å². The quantitative estimate of drug-likeness (QED) is 0.484. The van der Waals surface area contributed by atoms with Gasteiger partial charge in [0.25, 0.3) is 0 Å². The van der Waals surface area contributed by atoms with Crippen molar-refractivity contribution < 1.29 is 24.1 Å². The van der Waals surface area contributed by atoms with Gasteiger partial charge in [-0.25, -0.2) is 0 Å². The molecule has 2 fully saturated rings. The van der Waals surface area contributed by atoms with Crippen LogP contribution in [0.5, 0.6) is 0 Å². The normalized spacial score (nSPS) is 35.4. The number of hydrogen-bond acceptors (Lipinski definition) is 6. The Morgan fingerprint density at radius 2 is 2.12 bits per heavy atom. The molecule has 0 aliphatic carbocycles. The van der Waals surface area contributed by atoms with E-state index < -0.39 is 36.9 Å². The minimum Gasteiger partial charge on any atom is -0.388 e. The predicted molar refractivity (Wildman–Crippen MR) is 81.4 cm³/mol. The van der Waals surface area contributed by atoms with Crippen LogP contribution in [-0.2, 0) is 19.0 Å². The van der Waals surface area contributed by atoms with E-state index in [0.29, 0.717) is 0 Å². The topological polar surface area (TPSA) is 126 Å². The summed E-state index contributed by atoms with van der Waals surface area (Å²) < 4.78 is 17.1. The zero-order valence-electron chi connectivity index (χ0n) is 13.0. The number of carbonyl (C=O) groups excluding carboxylic acids is 1. The van der Waals surface area contributed by atoms with Crippen molar-refractivity contribution in [2.24, 2.45) is 5.11 Å². The molecule has 9 nitrogen and oxygen atoms in total. The molecule has 0 aromatic heterocycles. The minimum atomic E-state index is -1.10. The minimum absolute atomic E-state index is 0.172. The first-order chi connectivity index (χ1) is 11.6. The van der Waals surface area contributed by atoms with E-state index >= 15 is 0 Å². The number of benzene rings is 1.